The highest BCUT2D eigenvalue weighted by Crippen LogP contribution is 2.28. The van der Waals surface area contributed by atoms with Crippen molar-refractivity contribution in [3.63, 3.8) is 0 Å². The van der Waals surface area contributed by atoms with Crippen LogP contribution in [0.25, 0.3) is 0 Å². The lowest BCUT2D eigenvalue weighted by atomic mass is 10.00. The van der Waals surface area contributed by atoms with Gasteiger partial charge in [-0.2, -0.15) is 0 Å². The summed E-state index contributed by atoms with van der Waals surface area (Å²) < 4.78 is 5.24. The van der Waals surface area contributed by atoms with Crippen LogP contribution in [0.5, 0.6) is 11.5 Å². The number of methoxy groups -OCH3 is 1. The van der Waals surface area contributed by atoms with Gasteiger partial charge >= 0.3 is 0 Å². The maximum atomic E-state index is 9.74. The molecule has 0 aromatic heterocycles. The number of nitrogen functional groups attached to an aromatic ring is 1. The Morgan fingerprint density at radius 3 is 2.42 bits per heavy atom. The minimum Gasteiger partial charge on any atom is -0.508 e. The summed E-state index contributed by atoms with van der Waals surface area (Å²) in [7, 11) is 1.64. The van der Waals surface area contributed by atoms with E-state index in [4.69, 9.17) is 10.5 Å². The molecule has 2 aromatic rings. The third kappa shape index (κ3) is 2.81. The first-order chi connectivity index (χ1) is 9.13. The highest BCUT2D eigenvalue weighted by molar-refractivity contribution is 5.59. The van der Waals surface area contributed by atoms with Crippen LogP contribution in [0.2, 0.25) is 0 Å². The number of aryl methyl sites for hydroxylation is 2. The van der Waals surface area contributed by atoms with Crippen LogP contribution in [-0.2, 0) is 12.8 Å². The second kappa shape index (κ2) is 5.65. The van der Waals surface area contributed by atoms with Crippen LogP contribution in [0.3, 0.4) is 0 Å². The summed E-state index contributed by atoms with van der Waals surface area (Å²) in [6, 6.07) is 11.3. The van der Waals surface area contributed by atoms with Crippen molar-refractivity contribution >= 4 is 5.69 Å². The minimum absolute atomic E-state index is 0.339. The first-order valence-electron chi connectivity index (χ1n) is 6.32. The third-order valence-corrected chi connectivity index (χ3v) is 3.43. The molecule has 0 amide bonds. The van der Waals surface area contributed by atoms with E-state index >= 15 is 0 Å². The number of aromatic hydroxyl groups is 1. The molecule has 0 saturated carbocycles. The Bertz CT molecular complexity index is 579. The normalized spacial score (nSPS) is 10.4. The lowest BCUT2D eigenvalue weighted by Crippen LogP contribution is -2.01. The van der Waals surface area contributed by atoms with Crippen LogP contribution < -0.4 is 10.5 Å². The first kappa shape index (κ1) is 13.3. The zero-order valence-electron chi connectivity index (χ0n) is 11.3. The molecule has 0 atom stereocenters. The largest absolute Gasteiger partial charge is 0.508 e. The van der Waals surface area contributed by atoms with Gasteiger partial charge in [-0.25, -0.2) is 0 Å². The molecule has 3 N–H and O–H groups in total. The van der Waals surface area contributed by atoms with Crippen molar-refractivity contribution in [1.82, 2.24) is 0 Å². The number of ether oxygens (including phenoxy) is 1. The van der Waals surface area contributed by atoms with E-state index in [1.807, 2.05) is 37.3 Å². The van der Waals surface area contributed by atoms with Gasteiger partial charge in [-0.1, -0.05) is 24.3 Å². The quantitative estimate of drug-likeness (QED) is 0.828. The van der Waals surface area contributed by atoms with Gasteiger partial charge in [0.05, 0.1) is 7.11 Å². The van der Waals surface area contributed by atoms with E-state index < -0.39 is 0 Å². The van der Waals surface area contributed by atoms with Crippen molar-refractivity contribution < 1.29 is 9.84 Å². The van der Waals surface area contributed by atoms with Gasteiger partial charge < -0.3 is 15.6 Å². The number of phenols is 1. The van der Waals surface area contributed by atoms with Gasteiger partial charge in [0.15, 0.2) is 0 Å². The van der Waals surface area contributed by atoms with Gasteiger partial charge in [0, 0.05) is 11.3 Å². The summed E-state index contributed by atoms with van der Waals surface area (Å²) in [5.74, 6) is 1.15. The summed E-state index contributed by atoms with van der Waals surface area (Å²) in [5, 5.41) is 9.74. The molecule has 0 radical (unpaired) electrons. The van der Waals surface area contributed by atoms with E-state index in [1.54, 1.807) is 13.2 Å². The predicted octanol–water partition coefficient (Wildman–Crippen LogP) is 3.08. The Morgan fingerprint density at radius 1 is 1.05 bits per heavy atom. The summed E-state index contributed by atoms with van der Waals surface area (Å²) in [4.78, 5) is 0. The Hall–Kier alpha value is -2.16. The van der Waals surface area contributed by atoms with Crippen molar-refractivity contribution in [3.05, 3.63) is 53.1 Å². The molecule has 0 spiro atoms. The summed E-state index contributed by atoms with van der Waals surface area (Å²) in [5.41, 5.74) is 9.89. The van der Waals surface area contributed by atoms with Gasteiger partial charge in [0.25, 0.3) is 0 Å². The smallest absolute Gasteiger partial charge is 0.123 e. The molecule has 0 saturated heterocycles. The second-order valence-electron chi connectivity index (χ2n) is 4.59. The molecule has 0 aliphatic carbocycles. The first-order valence-corrected chi connectivity index (χ1v) is 6.32. The molecule has 3 heteroatoms. The third-order valence-electron chi connectivity index (χ3n) is 3.43. The van der Waals surface area contributed by atoms with E-state index in [1.165, 1.54) is 0 Å². The van der Waals surface area contributed by atoms with Gasteiger partial charge in [0.2, 0.25) is 0 Å². The number of hydrogen-bond donors (Lipinski definition) is 2. The van der Waals surface area contributed by atoms with Crippen LogP contribution in [0, 0.1) is 6.92 Å². The molecule has 0 unspecified atom stereocenters. The molecule has 0 bridgehead atoms. The van der Waals surface area contributed by atoms with E-state index in [0.29, 0.717) is 5.75 Å². The maximum absolute atomic E-state index is 9.74. The Balaban J connectivity index is 2.17. The number of para-hydroxylation sites is 1. The predicted molar refractivity (Wildman–Crippen MR) is 77.7 cm³/mol. The van der Waals surface area contributed by atoms with Crippen LogP contribution in [0.15, 0.2) is 36.4 Å². The van der Waals surface area contributed by atoms with E-state index in [9.17, 15) is 5.11 Å². The standard InChI is InChI=1S/C16H19NO2/c1-11-15(19-2)10-9-13(16(11)17)8-7-12-5-3-4-6-14(12)18/h3-6,9-10,18H,7-8,17H2,1-2H3. The minimum atomic E-state index is 0.339. The highest BCUT2D eigenvalue weighted by atomic mass is 16.5. The van der Waals surface area contributed by atoms with E-state index in [-0.39, 0.29) is 0 Å². The molecule has 100 valence electrons. The van der Waals surface area contributed by atoms with Gasteiger partial charge in [-0.3, -0.25) is 0 Å². The van der Waals surface area contributed by atoms with Gasteiger partial charge in [-0.15, -0.1) is 0 Å². The second-order valence-corrected chi connectivity index (χ2v) is 4.59. The van der Waals surface area contributed by atoms with Crippen LogP contribution >= 0.6 is 0 Å². The lowest BCUT2D eigenvalue weighted by Gasteiger charge is -2.12. The Kier molecular flexibility index (Phi) is 3.95. The van der Waals surface area contributed by atoms with Gasteiger partial charge in [0.1, 0.15) is 11.5 Å². The molecule has 0 aliphatic rings. The lowest BCUT2D eigenvalue weighted by molar-refractivity contribution is 0.412. The molecular formula is C16H19NO2. The number of benzene rings is 2. The number of phenolic OH excluding ortho intramolecular Hbond substituents is 1. The molecule has 0 aliphatic heterocycles. The molecule has 2 aromatic carbocycles. The molecule has 0 fully saturated rings. The van der Waals surface area contributed by atoms with Crippen LogP contribution in [-0.4, -0.2) is 12.2 Å². The van der Waals surface area contributed by atoms with E-state index in [0.717, 1.165) is 41.0 Å². The van der Waals surface area contributed by atoms with Crippen molar-refractivity contribution in [2.45, 2.75) is 19.8 Å². The molecule has 3 nitrogen and oxygen atoms in total. The van der Waals surface area contributed by atoms with Crippen molar-refractivity contribution in [1.29, 1.82) is 0 Å². The fourth-order valence-electron chi connectivity index (χ4n) is 2.20. The average molecular weight is 257 g/mol. The Labute approximate surface area is 113 Å². The zero-order chi connectivity index (χ0) is 13.8. The van der Waals surface area contributed by atoms with Crippen molar-refractivity contribution in [2.75, 3.05) is 12.8 Å². The number of hydrogen-bond acceptors (Lipinski definition) is 3. The summed E-state index contributed by atoms with van der Waals surface area (Å²) >= 11 is 0. The zero-order valence-corrected chi connectivity index (χ0v) is 11.3. The van der Waals surface area contributed by atoms with Gasteiger partial charge in [-0.05, 0) is 43.0 Å². The molecular weight excluding hydrogens is 238 g/mol. The highest BCUT2D eigenvalue weighted by Gasteiger charge is 2.08. The molecule has 19 heavy (non-hydrogen) atoms. The number of rotatable bonds is 4. The SMILES string of the molecule is COc1ccc(CCc2ccccc2O)c(N)c1C. The monoisotopic (exact) mass is 257 g/mol. The number of anilines is 1. The average Bonchev–Trinajstić information content (AvgIpc) is 2.42. The van der Waals surface area contributed by atoms with Crippen LogP contribution in [0.1, 0.15) is 16.7 Å². The fraction of sp³-hybridized carbons (Fsp3) is 0.250. The maximum Gasteiger partial charge on any atom is 0.123 e. The summed E-state index contributed by atoms with van der Waals surface area (Å²) in [6.07, 6.45) is 1.57. The molecule has 2 rings (SSSR count). The number of nitrogens with two attached hydrogens (primary N) is 1. The van der Waals surface area contributed by atoms with E-state index in [2.05, 4.69) is 0 Å². The topological polar surface area (TPSA) is 55.5 Å². The van der Waals surface area contributed by atoms with Crippen molar-refractivity contribution in [3.8, 4) is 11.5 Å². The fourth-order valence-corrected chi connectivity index (χ4v) is 2.20. The Morgan fingerprint density at radius 2 is 1.74 bits per heavy atom. The van der Waals surface area contributed by atoms with Crippen molar-refractivity contribution in [2.24, 2.45) is 0 Å². The van der Waals surface area contributed by atoms with Crippen LogP contribution in [0.4, 0.5) is 5.69 Å². The molecule has 0 heterocycles. The summed E-state index contributed by atoms with van der Waals surface area (Å²) in [6.45, 7) is 1.96.